The summed E-state index contributed by atoms with van der Waals surface area (Å²) in [7, 11) is 0. The molecule has 2 rings (SSSR count). The topological polar surface area (TPSA) is 26.0 Å². The molecule has 0 saturated heterocycles. The van der Waals surface area contributed by atoms with Crippen LogP contribution in [0.1, 0.15) is 17.7 Å². The molecular formula is C9H10ClF2NS. The van der Waals surface area contributed by atoms with E-state index in [2.05, 4.69) is 0 Å². The van der Waals surface area contributed by atoms with E-state index in [-0.39, 0.29) is 19.4 Å². The van der Waals surface area contributed by atoms with Crippen molar-refractivity contribution in [2.45, 2.75) is 24.2 Å². The van der Waals surface area contributed by atoms with E-state index >= 15 is 0 Å². The Hall–Kier alpha value is -0.190. The van der Waals surface area contributed by atoms with Crippen LogP contribution in [0.15, 0.2) is 11.4 Å². The van der Waals surface area contributed by atoms with Crippen LogP contribution in [-0.4, -0.2) is 12.5 Å². The highest BCUT2D eigenvalue weighted by molar-refractivity contribution is 7.10. The van der Waals surface area contributed by atoms with Crippen molar-refractivity contribution in [1.29, 1.82) is 0 Å². The summed E-state index contributed by atoms with van der Waals surface area (Å²) in [6.45, 7) is 0.239. The number of nitrogens with two attached hydrogens (primary N) is 1. The lowest BCUT2D eigenvalue weighted by Crippen LogP contribution is -2.53. The maximum atomic E-state index is 12.8. The minimum Gasteiger partial charge on any atom is -0.330 e. The predicted molar refractivity (Wildman–Crippen MR) is 54.2 cm³/mol. The Morgan fingerprint density at radius 1 is 1.50 bits per heavy atom. The molecule has 1 nitrogen and oxygen atoms in total. The monoisotopic (exact) mass is 237 g/mol. The predicted octanol–water partition coefficient (Wildman–Crippen LogP) is 3.03. The zero-order valence-electron chi connectivity index (χ0n) is 7.40. The minimum atomic E-state index is -2.56. The van der Waals surface area contributed by atoms with E-state index in [9.17, 15) is 8.78 Å². The van der Waals surface area contributed by atoms with E-state index < -0.39 is 11.3 Å². The maximum Gasteiger partial charge on any atom is 0.250 e. The van der Waals surface area contributed by atoms with Crippen LogP contribution in [-0.2, 0) is 5.41 Å². The second kappa shape index (κ2) is 3.15. The SMILES string of the molecule is NCC1(c2sccc2Cl)CC(F)(F)C1. The molecule has 0 amide bonds. The highest BCUT2D eigenvalue weighted by Gasteiger charge is 2.57. The fraction of sp³-hybridized carbons (Fsp3) is 0.556. The van der Waals surface area contributed by atoms with Crippen molar-refractivity contribution in [1.82, 2.24) is 0 Å². The summed E-state index contributed by atoms with van der Waals surface area (Å²) in [6, 6.07) is 1.73. The summed E-state index contributed by atoms with van der Waals surface area (Å²) in [4.78, 5) is 0.813. The van der Waals surface area contributed by atoms with Gasteiger partial charge in [-0.05, 0) is 11.4 Å². The standard InChI is InChI=1S/C9H10ClF2NS/c10-6-1-2-14-7(6)8(5-13)3-9(11,12)4-8/h1-2H,3-5,13H2. The Balaban J connectivity index is 2.29. The average molecular weight is 238 g/mol. The molecule has 0 unspecified atom stereocenters. The second-order valence-electron chi connectivity index (χ2n) is 3.79. The molecule has 0 bridgehead atoms. The van der Waals surface area contributed by atoms with E-state index in [1.807, 2.05) is 5.38 Å². The van der Waals surface area contributed by atoms with E-state index in [1.165, 1.54) is 11.3 Å². The molecule has 1 aliphatic rings. The molecule has 0 spiro atoms. The number of alkyl halides is 2. The third kappa shape index (κ3) is 1.45. The van der Waals surface area contributed by atoms with E-state index in [0.29, 0.717) is 5.02 Å². The van der Waals surface area contributed by atoms with Gasteiger partial charge in [0.05, 0.1) is 5.02 Å². The van der Waals surface area contributed by atoms with Gasteiger partial charge in [0, 0.05) is 29.7 Å². The summed E-state index contributed by atoms with van der Waals surface area (Å²) in [6.07, 6.45) is -0.340. The fourth-order valence-corrected chi connectivity index (χ4v) is 3.48. The van der Waals surface area contributed by atoms with Gasteiger partial charge in [-0.25, -0.2) is 8.78 Å². The van der Waals surface area contributed by atoms with Crippen LogP contribution in [0.2, 0.25) is 5.02 Å². The number of rotatable bonds is 2. The molecule has 0 aromatic carbocycles. The van der Waals surface area contributed by atoms with Gasteiger partial charge in [0.25, 0.3) is 0 Å². The Bertz CT molecular complexity index is 342. The Morgan fingerprint density at radius 3 is 2.50 bits per heavy atom. The molecule has 0 atom stereocenters. The molecule has 1 aliphatic carbocycles. The first-order valence-corrected chi connectivity index (χ1v) is 5.56. The molecule has 1 fully saturated rings. The van der Waals surface area contributed by atoms with Gasteiger partial charge in [-0.1, -0.05) is 11.6 Å². The molecule has 5 heteroatoms. The van der Waals surface area contributed by atoms with Crippen molar-refractivity contribution in [3.63, 3.8) is 0 Å². The zero-order chi connectivity index (χ0) is 10.4. The van der Waals surface area contributed by atoms with Gasteiger partial charge in [-0.2, -0.15) is 0 Å². The first-order chi connectivity index (χ1) is 6.49. The Morgan fingerprint density at radius 2 is 2.14 bits per heavy atom. The molecule has 2 N–H and O–H groups in total. The molecule has 78 valence electrons. The van der Waals surface area contributed by atoms with Crippen molar-refractivity contribution >= 4 is 22.9 Å². The van der Waals surface area contributed by atoms with Gasteiger partial charge in [0.15, 0.2) is 0 Å². The van der Waals surface area contributed by atoms with Crippen molar-refractivity contribution in [2.24, 2.45) is 5.73 Å². The smallest absolute Gasteiger partial charge is 0.250 e. The highest BCUT2D eigenvalue weighted by atomic mass is 35.5. The molecule has 1 aromatic heterocycles. The quantitative estimate of drug-likeness (QED) is 0.841. The number of hydrogen-bond acceptors (Lipinski definition) is 2. The van der Waals surface area contributed by atoms with Gasteiger partial charge in [0.1, 0.15) is 0 Å². The van der Waals surface area contributed by atoms with Crippen LogP contribution in [0.4, 0.5) is 8.78 Å². The second-order valence-corrected chi connectivity index (χ2v) is 5.11. The van der Waals surface area contributed by atoms with Crippen LogP contribution >= 0.6 is 22.9 Å². The van der Waals surface area contributed by atoms with Gasteiger partial charge in [-0.3, -0.25) is 0 Å². The van der Waals surface area contributed by atoms with Crippen LogP contribution in [0.25, 0.3) is 0 Å². The number of thiophene rings is 1. The third-order valence-corrected chi connectivity index (χ3v) is 4.27. The van der Waals surface area contributed by atoms with Crippen LogP contribution in [0, 0.1) is 0 Å². The molecule has 0 radical (unpaired) electrons. The zero-order valence-corrected chi connectivity index (χ0v) is 8.97. The van der Waals surface area contributed by atoms with Gasteiger partial charge in [0.2, 0.25) is 5.92 Å². The molecule has 0 aliphatic heterocycles. The number of hydrogen-bond donors (Lipinski definition) is 1. The summed E-state index contributed by atoms with van der Waals surface area (Å²) in [5, 5.41) is 2.38. The van der Waals surface area contributed by atoms with Crippen molar-refractivity contribution in [2.75, 3.05) is 6.54 Å². The van der Waals surface area contributed by atoms with Crippen molar-refractivity contribution in [3.05, 3.63) is 21.3 Å². The van der Waals surface area contributed by atoms with Gasteiger partial charge in [-0.15, -0.1) is 11.3 Å². The summed E-state index contributed by atoms with van der Waals surface area (Å²) >= 11 is 7.33. The summed E-state index contributed by atoms with van der Waals surface area (Å²) in [5.74, 6) is -2.56. The summed E-state index contributed by atoms with van der Waals surface area (Å²) in [5.41, 5.74) is 4.99. The molecule has 14 heavy (non-hydrogen) atoms. The normalized spacial score (nSPS) is 23.1. The first-order valence-electron chi connectivity index (χ1n) is 4.30. The summed E-state index contributed by atoms with van der Waals surface area (Å²) < 4.78 is 25.7. The molecule has 1 saturated carbocycles. The Labute approximate surface area is 89.9 Å². The fourth-order valence-electron chi connectivity index (χ4n) is 2.01. The van der Waals surface area contributed by atoms with Crippen molar-refractivity contribution in [3.8, 4) is 0 Å². The maximum absolute atomic E-state index is 12.8. The van der Waals surface area contributed by atoms with E-state index in [0.717, 1.165) is 4.88 Å². The largest absolute Gasteiger partial charge is 0.330 e. The Kier molecular flexibility index (Phi) is 2.33. The van der Waals surface area contributed by atoms with Crippen LogP contribution in [0.5, 0.6) is 0 Å². The van der Waals surface area contributed by atoms with E-state index in [1.54, 1.807) is 6.07 Å². The lowest BCUT2D eigenvalue weighted by atomic mass is 9.65. The van der Waals surface area contributed by atoms with Crippen LogP contribution in [0.3, 0.4) is 0 Å². The highest BCUT2D eigenvalue weighted by Crippen LogP contribution is 2.55. The lowest BCUT2D eigenvalue weighted by molar-refractivity contribution is -0.122. The average Bonchev–Trinajstić information content (AvgIpc) is 2.46. The molecular weight excluding hydrogens is 228 g/mol. The van der Waals surface area contributed by atoms with Gasteiger partial charge < -0.3 is 5.73 Å². The molecule has 1 aromatic rings. The van der Waals surface area contributed by atoms with Crippen molar-refractivity contribution < 1.29 is 8.78 Å². The van der Waals surface area contributed by atoms with Gasteiger partial charge >= 0.3 is 0 Å². The number of halogens is 3. The third-order valence-electron chi connectivity index (χ3n) is 2.68. The van der Waals surface area contributed by atoms with Crippen LogP contribution < -0.4 is 5.73 Å². The minimum absolute atomic E-state index is 0.170. The van der Waals surface area contributed by atoms with E-state index in [4.69, 9.17) is 17.3 Å². The first kappa shape index (κ1) is 10.3. The lowest BCUT2D eigenvalue weighted by Gasteiger charge is -2.46. The molecule has 1 heterocycles.